The van der Waals surface area contributed by atoms with E-state index in [2.05, 4.69) is 41.4 Å². The van der Waals surface area contributed by atoms with Gasteiger partial charge in [0.05, 0.1) is 18.0 Å². The Bertz CT molecular complexity index is 993. The molecular formula is C31H43N3O2. The summed E-state index contributed by atoms with van der Waals surface area (Å²) < 4.78 is 12.0. The van der Waals surface area contributed by atoms with Gasteiger partial charge in [-0.2, -0.15) is 0 Å². The van der Waals surface area contributed by atoms with Crippen LogP contribution in [0.4, 0.5) is 5.95 Å². The molecule has 0 bridgehead atoms. The van der Waals surface area contributed by atoms with Gasteiger partial charge in [-0.3, -0.25) is 0 Å². The van der Waals surface area contributed by atoms with Crippen LogP contribution in [0.5, 0.6) is 5.75 Å². The lowest BCUT2D eigenvalue weighted by Gasteiger charge is -2.17. The highest BCUT2D eigenvalue weighted by Gasteiger charge is 2.14. The molecule has 0 aliphatic heterocycles. The van der Waals surface area contributed by atoms with E-state index < -0.39 is 0 Å². The standard InChI is InChI=1S/C31H43N3O2/c1-26-30(36-25-28-20-14-11-15-21-28)29(33-31(32-26)34(2)3)22-16-8-6-4-5-7-9-17-23-35-24-27-18-12-10-13-19-27/h10-15,18-21H,4-9,16-17,22-25H2,1-3H3. The van der Waals surface area contributed by atoms with E-state index in [9.17, 15) is 0 Å². The molecule has 0 radical (unpaired) electrons. The first kappa shape index (κ1) is 27.7. The zero-order valence-electron chi connectivity index (χ0n) is 22.4. The zero-order chi connectivity index (χ0) is 25.4. The molecule has 0 spiro atoms. The number of nitrogens with zero attached hydrogens (tertiary/aromatic N) is 3. The highest BCUT2D eigenvalue weighted by Crippen LogP contribution is 2.26. The van der Waals surface area contributed by atoms with Crippen LogP contribution in [0.1, 0.15) is 73.9 Å². The van der Waals surface area contributed by atoms with Crippen LogP contribution in [-0.4, -0.2) is 30.7 Å². The predicted octanol–water partition coefficient (Wildman–Crippen LogP) is 7.31. The second kappa shape index (κ2) is 15.9. The molecule has 1 aromatic heterocycles. The Kier molecular flexibility index (Phi) is 12.3. The van der Waals surface area contributed by atoms with Gasteiger partial charge in [-0.15, -0.1) is 0 Å². The van der Waals surface area contributed by atoms with E-state index in [1.54, 1.807) is 0 Å². The molecule has 0 saturated carbocycles. The maximum absolute atomic E-state index is 6.21. The normalized spacial score (nSPS) is 11.0. The van der Waals surface area contributed by atoms with Gasteiger partial charge in [0, 0.05) is 20.7 Å². The van der Waals surface area contributed by atoms with E-state index in [-0.39, 0.29) is 0 Å². The van der Waals surface area contributed by atoms with Gasteiger partial charge in [0.1, 0.15) is 6.61 Å². The second-order valence-electron chi connectivity index (χ2n) is 9.67. The van der Waals surface area contributed by atoms with Crippen molar-refractivity contribution < 1.29 is 9.47 Å². The lowest BCUT2D eigenvalue weighted by atomic mass is 10.1. The minimum absolute atomic E-state index is 0.538. The van der Waals surface area contributed by atoms with Crippen molar-refractivity contribution >= 4 is 5.95 Å². The van der Waals surface area contributed by atoms with Gasteiger partial charge < -0.3 is 14.4 Å². The van der Waals surface area contributed by atoms with E-state index >= 15 is 0 Å². The number of aromatic nitrogens is 2. The monoisotopic (exact) mass is 489 g/mol. The van der Waals surface area contributed by atoms with Gasteiger partial charge in [-0.25, -0.2) is 9.97 Å². The number of unbranched alkanes of at least 4 members (excludes halogenated alkanes) is 7. The van der Waals surface area contributed by atoms with Crippen LogP contribution in [0.3, 0.4) is 0 Å². The number of hydrogen-bond acceptors (Lipinski definition) is 5. The lowest BCUT2D eigenvalue weighted by molar-refractivity contribution is 0.116. The Balaban J connectivity index is 1.31. The fraction of sp³-hybridized carbons (Fsp3) is 0.484. The molecule has 194 valence electrons. The minimum Gasteiger partial charge on any atom is -0.485 e. The smallest absolute Gasteiger partial charge is 0.225 e. The van der Waals surface area contributed by atoms with Crippen LogP contribution in [0, 0.1) is 6.92 Å². The van der Waals surface area contributed by atoms with Gasteiger partial charge in [0.15, 0.2) is 5.75 Å². The number of anilines is 1. The average Bonchev–Trinajstić information content (AvgIpc) is 2.89. The first-order valence-corrected chi connectivity index (χ1v) is 13.5. The van der Waals surface area contributed by atoms with Crippen molar-refractivity contribution in [2.75, 3.05) is 25.6 Å². The highest BCUT2D eigenvalue weighted by molar-refractivity contribution is 5.40. The predicted molar refractivity (Wildman–Crippen MR) is 149 cm³/mol. The number of hydrogen-bond donors (Lipinski definition) is 0. The number of benzene rings is 2. The summed E-state index contributed by atoms with van der Waals surface area (Å²) in [7, 11) is 3.97. The summed E-state index contributed by atoms with van der Waals surface area (Å²) in [4.78, 5) is 11.4. The van der Waals surface area contributed by atoms with E-state index in [4.69, 9.17) is 14.5 Å². The zero-order valence-corrected chi connectivity index (χ0v) is 22.4. The average molecular weight is 490 g/mol. The van der Waals surface area contributed by atoms with Crippen LogP contribution in [0.25, 0.3) is 0 Å². The summed E-state index contributed by atoms with van der Waals surface area (Å²) >= 11 is 0. The number of rotatable bonds is 17. The maximum atomic E-state index is 6.21. The fourth-order valence-corrected chi connectivity index (χ4v) is 4.21. The summed E-state index contributed by atoms with van der Waals surface area (Å²) in [6.45, 7) is 4.14. The third-order valence-electron chi connectivity index (χ3n) is 6.28. The van der Waals surface area contributed by atoms with Crippen LogP contribution >= 0.6 is 0 Å². The second-order valence-corrected chi connectivity index (χ2v) is 9.67. The Morgan fingerprint density at radius 2 is 1.22 bits per heavy atom. The van der Waals surface area contributed by atoms with E-state index in [1.807, 2.05) is 50.2 Å². The number of ether oxygens (including phenoxy) is 2. The quantitative estimate of drug-likeness (QED) is 0.186. The van der Waals surface area contributed by atoms with E-state index in [0.29, 0.717) is 6.61 Å². The molecule has 36 heavy (non-hydrogen) atoms. The third-order valence-corrected chi connectivity index (χ3v) is 6.28. The van der Waals surface area contributed by atoms with E-state index in [1.165, 1.54) is 44.1 Å². The van der Waals surface area contributed by atoms with Crippen molar-refractivity contribution in [3.63, 3.8) is 0 Å². The molecule has 5 nitrogen and oxygen atoms in total. The van der Waals surface area contributed by atoms with Gasteiger partial charge in [0.2, 0.25) is 5.95 Å². The largest absolute Gasteiger partial charge is 0.485 e. The summed E-state index contributed by atoms with van der Waals surface area (Å²) in [5, 5.41) is 0. The molecule has 0 aliphatic carbocycles. The first-order chi connectivity index (χ1) is 17.6. The maximum Gasteiger partial charge on any atom is 0.225 e. The highest BCUT2D eigenvalue weighted by atomic mass is 16.5. The topological polar surface area (TPSA) is 47.5 Å². The summed E-state index contributed by atoms with van der Waals surface area (Å²) in [5.74, 6) is 1.60. The molecule has 5 heteroatoms. The van der Waals surface area contributed by atoms with Crippen LogP contribution in [0.15, 0.2) is 60.7 Å². The summed E-state index contributed by atoms with van der Waals surface area (Å²) in [6.07, 6.45) is 10.8. The van der Waals surface area contributed by atoms with Crippen molar-refractivity contribution in [3.8, 4) is 5.75 Å². The molecule has 3 rings (SSSR count). The van der Waals surface area contributed by atoms with Crippen molar-refractivity contribution in [1.29, 1.82) is 0 Å². The SMILES string of the molecule is Cc1nc(N(C)C)nc(CCCCCCCCCCOCc2ccccc2)c1OCc1ccccc1. The Morgan fingerprint density at radius 3 is 1.83 bits per heavy atom. The molecular weight excluding hydrogens is 446 g/mol. The van der Waals surface area contributed by atoms with Gasteiger partial charge in [0.25, 0.3) is 0 Å². The van der Waals surface area contributed by atoms with Crippen LogP contribution in [0.2, 0.25) is 0 Å². The first-order valence-electron chi connectivity index (χ1n) is 13.5. The van der Waals surface area contributed by atoms with Gasteiger partial charge in [-0.1, -0.05) is 99.2 Å². The Morgan fingerprint density at radius 1 is 0.667 bits per heavy atom. The lowest BCUT2D eigenvalue weighted by Crippen LogP contribution is -2.16. The van der Waals surface area contributed by atoms with Crippen molar-refractivity contribution in [1.82, 2.24) is 9.97 Å². The summed E-state index contributed by atoms with van der Waals surface area (Å²) in [6, 6.07) is 20.7. The Hall–Kier alpha value is -2.92. The molecule has 3 aromatic rings. The molecule has 0 N–H and O–H groups in total. The molecule has 2 aromatic carbocycles. The van der Waals surface area contributed by atoms with Crippen molar-refractivity contribution in [2.45, 2.75) is 77.9 Å². The Labute approximate surface area is 217 Å². The molecule has 0 unspecified atom stereocenters. The van der Waals surface area contributed by atoms with Crippen molar-refractivity contribution in [3.05, 3.63) is 83.2 Å². The summed E-state index contributed by atoms with van der Waals surface area (Å²) in [5.41, 5.74) is 4.34. The molecule has 1 heterocycles. The molecule has 0 saturated heterocycles. The fourth-order valence-electron chi connectivity index (χ4n) is 4.21. The molecule has 0 atom stereocenters. The number of aryl methyl sites for hydroxylation is 2. The third kappa shape index (κ3) is 9.98. The van der Waals surface area contributed by atoms with Crippen LogP contribution < -0.4 is 9.64 Å². The molecule has 0 aliphatic rings. The van der Waals surface area contributed by atoms with Crippen LogP contribution in [-0.2, 0) is 24.4 Å². The minimum atomic E-state index is 0.538. The van der Waals surface area contributed by atoms with Gasteiger partial charge >= 0.3 is 0 Å². The van der Waals surface area contributed by atoms with Crippen molar-refractivity contribution in [2.24, 2.45) is 0 Å². The van der Waals surface area contributed by atoms with Gasteiger partial charge in [-0.05, 0) is 37.3 Å². The molecule has 0 fully saturated rings. The molecule has 0 amide bonds. The van der Waals surface area contributed by atoms with E-state index in [0.717, 1.165) is 61.1 Å².